The second kappa shape index (κ2) is 18.3. The minimum absolute atomic E-state index is 0.133. The summed E-state index contributed by atoms with van der Waals surface area (Å²) in [6, 6.07) is -0.620. The topological polar surface area (TPSA) is 125 Å². The van der Waals surface area contributed by atoms with Crippen molar-refractivity contribution in [1.29, 1.82) is 0 Å². The van der Waals surface area contributed by atoms with Gasteiger partial charge in [0, 0.05) is 13.0 Å². The summed E-state index contributed by atoms with van der Waals surface area (Å²) in [5, 5.41) is 16.1. The lowest BCUT2D eigenvalue weighted by Crippen LogP contribution is -2.47. The van der Waals surface area contributed by atoms with E-state index in [2.05, 4.69) is 16.0 Å². The minimum atomic E-state index is -0.704. The molecule has 4 N–H and O–H groups in total. The van der Waals surface area contributed by atoms with Crippen molar-refractivity contribution in [2.45, 2.75) is 90.0 Å². The Morgan fingerprint density at radius 1 is 0.857 bits per heavy atom. The second-order valence-electron chi connectivity index (χ2n) is 7.11. The summed E-state index contributed by atoms with van der Waals surface area (Å²) in [6.45, 7) is 2.08. The van der Waals surface area contributed by atoms with Gasteiger partial charge in [-0.3, -0.25) is 19.2 Å². The number of rotatable bonds is 19. The minimum Gasteiger partial charge on any atom is -0.481 e. The van der Waals surface area contributed by atoms with Crippen molar-refractivity contribution in [2.24, 2.45) is 0 Å². The third-order valence-corrected chi connectivity index (χ3v) is 4.48. The number of carboxylic acid groups (broad SMARTS) is 1. The molecule has 162 valence electrons. The number of carboxylic acids is 1. The van der Waals surface area contributed by atoms with E-state index in [1.165, 1.54) is 32.1 Å². The molecule has 8 nitrogen and oxygen atoms in total. The molecule has 0 aliphatic heterocycles. The summed E-state index contributed by atoms with van der Waals surface area (Å²) in [5.74, 6) is -1.32. The van der Waals surface area contributed by atoms with Gasteiger partial charge in [-0.05, 0) is 19.8 Å². The highest BCUT2D eigenvalue weighted by Crippen LogP contribution is 2.11. The fourth-order valence-corrected chi connectivity index (χ4v) is 2.85. The van der Waals surface area contributed by atoms with Crippen molar-refractivity contribution in [2.75, 3.05) is 13.1 Å². The highest BCUT2D eigenvalue weighted by atomic mass is 16.4. The molecule has 0 fully saturated rings. The van der Waals surface area contributed by atoms with Crippen molar-refractivity contribution < 1.29 is 24.3 Å². The second-order valence-corrected chi connectivity index (χ2v) is 7.11. The van der Waals surface area contributed by atoms with Crippen molar-refractivity contribution in [3.05, 3.63) is 0 Å². The van der Waals surface area contributed by atoms with Gasteiger partial charge in [0.15, 0.2) is 0 Å². The van der Waals surface area contributed by atoms with Gasteiger partial charge in [0.2, 0.25) is 18.2 Å². The largest absolute Gasteiger partial charge is 0.481 e. The van der Waals surface area contributed by atoms with E-state index in [0.717, 1.165) is 38.5 Å². The molecule has 3 amide bonds. The van der Waals surface area contributed by atoms with Crippen LogP contribution < -0.4 is 16.0 Å². The number of amides is 3. The van der Waals surface area contributed by atoms with Gasteiger partial charge < -0.3 is 21.1 Å². The quantitative estimate of drug-likeness (QED) is 0.196. The highest BCUT2D eigenvalue weighted by molar-refractivity contribution is 5.88. The van der Waals surface area contributed by atoms with E-state index < -0.39 is 17.9 Å². The molecule has 0 aromatic heterocycles. The van der Waals surface area contributed by atoms with Crippen LogP contribution >= 0.6 is 0 Å². The molecule has 0 aliphatic rings. The van der Waals surface area contributed by atoms with E-state index >= 15 is 0 Å². The standard InChI is InChI=1S/C20H37N3O5/c1-17(23-18(25)15-21-16-24)20(28)22-14-12-10-8-6-4-2-3-5-7-9-11-13-19(26)27/h16-17H,2-15H2,1H3,(H,21,24)(H,22,28)(H,23,25)(H,26,27)/t17-/m0/s1. The molecule has 0 heterocycles. The first-order valence-corrected chi connectivity index (χ1v) is 10.4. The van der Waals surface area contributed by atoms with E-state index in [9.17, 15) is 19.2 Å². The lowest BCUT2D eigenvalue weighted by molar-refractivity contribution is -0.137. The summed E-state index contributed by atoms with van der Waals surface area (Å²) in [5.41, 5.74) is 0. The van der Waals surface area contributed by atoms with Gasteiger partial charge in [0.1, 0.15) is 6.04 Å². The van der Waals surface area contributed by atoms with E-state index in [4.69, 9.17) is 5.11 Å². The summed E-state index contributed by atoms with van der Waals surface area (Å²) in [7, 11) is 0. The Bertz CT molecular complexity index is 457. The zero-order valence-corrected chi connectivity index (χ0v) is 17.1. The van der Waals surface area contributed by atoms with Crippen LogP contribution in [-0.2, 0) is 19.2 Å². The lowest BCUT2D eigenvalue weighted by Gasteiger charge is -2.13. The fourth-order valence-electron chi connectivity index (χ4n) is 2.85. The van der Waals surface area contributed by atoms with Gasteiger partial charge >= 0.3 is 5.97 Å². The number of nitrogens with one attached hydrogen (secondary N) is 3. The molecule has 0 spiro atoms. The van der Waals surface area contributed by atoms with E-state index in [1.54, 1.807) is 6.92 Å². The van der Waals surface area contributed by atoms with Crippen LogP contribution in [0.15, 0.2) is 0 Å². The first-order chi connectivity index (χ1) is 13.5. The predicted octanol–water partition coefficient (Wildman–Crippen LogP) is 2.12. The van der Waals surface area contributed by atoms with Crippen LogP contribution in [0.1, 0.15) is 84.0 Å². The van der Waals surface area contributed by atoms with Crippen LogP contribution in [0, 0.1) is 0 Å². The van der Waals surface area contributed by atoms with Gasteiger partial charge in [-0.2, -0.15) is 0 Å². The Balaban J connectivity index is 3.38. The summed E-state index contributed by atoms with van der Waals surface area (Å²) in [4.78, 5) is 43.7. The predicted molar refractivity (Wildman–Crippen MR) is 108 cm³/mol. The van der Waals surface area contributed by atoms with Crippen molar-refractivity contribution in [3.63, 3.8) is 0 Å². The van der Waals surface area contributed by atoms with Crippen LogP contribution in [0.4, 0.5) is 0 Å². The van der Waals surface area contributed by atoms with Crippen molar-refractivity contribution >= 4 is 24.2 Å². The lowest BCUT2D eigenvalue weighted by atomic mass is 10.1. The Kier molecular flexibility index (Phi) is 16.9. The molecule has 0 rings (SSSR count). The van der Waals surface area contributed by atoms with Crippen molar-refractivity contribution in [3.8, 4) is 0 Å². The average Bonchev–Trinajstić information content (AvgIpc) is 2.66. The molecule has 0 aliphatic carbocycles. The molecule has 0 aromatic rings. The molecule has 0 aromatic carbocycles. The van der Waals surface area contributed by atoms with Gasteiger partial charge in [0.25, 0.3) is 0 Å². The Morgan fingerprint density at radius 3 is 1.86 bits per heavy atom. The van der Waals surface area contributed by atoms with Crippen LogP contribution in [0.2, 0.25) is 0 Å². The monoisotopic (exact) mass is 399 g/mol. The number of hydrogen-bond donors (Lipinski definition) is 4. The third-order valence-electron chi connectivity index (χ3n) is 4.48. The van der Waals surface area contributed by atoms with Gasteiger partial charge in [0.05, 0.1) is 6.54 Å². The maximum Gasteiger partial charge on any atom is 0.303 e. The third kappa shape index (κ3) is 17.3. The first kappa shape index (κ1) is 25.9. The summed E-state index contributed by atoms with van der Waals surface area (Å²) >= 11 is 0. The molecular weight excluding hydrogens is 362 g/mol. The van der Waals surface area contributed by atoms with E-state index in [-0.39, 0.29) is 18.9 Å². The Labute approximate surface area is 168 Å². The molecule has 8 heteroatoms. The smallest absolute Gasteiger partial charge is 0.303 e. The highest BCUT2D eigenvalue weighted by Gasteiger charge is 2.14. The van der Waals surface area contributed by atoms with Crippen LogP contribution in [0.25, 0.3) is 0 Å². The molecular formula is C20H37N3O5. The summed E-state index contributed by atoms with van der Waals surface area (Å²) in [6.07, 6.45) is 12.8. The maximum absolute atomic E-state index is 11.8. The number of hydrogen-bond acceptors (Lipinski definition) is 4. The number of unbranched alkanes of at least 4 members (excludes halogenated alkanes) is 10. The molecule has 0 saturated heterocycles. The zero-order valence-electron chi connectivity index (χ0n) is 17.1. The Morgan fingerprint density at radius 2 is 1.36 bits per heavy atom. The SMILES string of the molecule is C[C@H](NC(=O)CNC=O)C(=O)NCCCCCCCCCCCCCC(=O)O. The van der Waals surface area contributed by atoms with Gasteiger partial charge in [-0.1, -0.05) is 57.8 Å². The first-order valence-electron chi connectivity index (χ1n) is 10.4. The molecule has 0 unspecified atom stereocenters. The normalized spacial score (nSPS) is 11.5. The fraction of sp³-hybridized carbons (Fsp3) is 0.800. The molecule has 0 saturated carbocycles. The summed E-state index contributed by atoms with van der Waals surface area (Å²) < 4.78 is 0. The Hall–Kier alpha value is -2.12. The number of carbonyl (C=O) groups excluding carboxylic acids is 3. The van der Waals surface area contributed by atoms with Crippen molar-refractivity contribution in [1.82, 2.24) is 16.0 Å². The average molecular weight is 400 g/mol. The van der Waals surface area contributed by atoms with E-state index in [0.29, 0.717) is 13.0 Å². The molecule has 0 bridgehead atoms. The number of carbonyl (C=O) groups is 4. The zero-order chi connectivity index (χ0) is 21.0. The van der Waals surface area contributed by atoms with Crippen LogP contribution in [0.5, 0.6) is 0 Å². The molecule has 0 radical (unpaired) electrons. The number of aliphatic carboxylic acids is 1. The van der Waals surface area contributed by atoms with Crippen LogP contribution in [-0.4, -0.2) is 48.4 Å². The molecule has 28 heavy (non-hydrogen) atoms. The van der Waals surface area contributed by atoms with Gasteiger partial charge in [-0.25, -0.2) is 0 Å². The van der Waals surface area contributed by atoms with E-state index in [1.807, 2.05) is 0 Å². The maximum atomic E-state index is 11.8. The molecule has 1 atom stereocenters. The van der Waals surface area contributed by atoms with Crippen LogP contribution in [0.3, 0.4) is 0 Å². The van der Waals surface area contributed by atoms with Gasteiger partial charge in [-0.15, -0.1) is 0 Å².